The van der Waals surface area contributed by atoms with Crippen LogP contribution in [-0.4, -0.2) is 44.8 Å². The number of nitrogens with one attached hydrogen (secondary N) is 2. The molecule has 0 radical (unpaired) electrons. The number of hydrogen-bond acceptors (Lipinski definition) is 6. The fraction of sp³-hybridized carbons (Fsp3) is 0.227. The Kier molecular flexibility index (Phi) is 6.94. The summed E-state index contributed by atoms with van der Waals surface area (Å²) in [5.41, 5.74) is 3.02. The van der Waals surface area contributed by atoms with Gasteiger partial charge in [0.2, 0.25) is 24.1 Å². The number of ether oxygens (including phenoxy) is 2. The molecule has 4 aromatic rings. The Hall–Kier alpha value is -3.31. The molecule has 0 aliphatic carbocycles. The second-order valence-electron chi connectivity index (χ2n) is 7.18. The first-order valence-corrected chi connectivity index (χ1v) is 11.5. The topological polar surface area (TPSA) is 102 Å². The van der Waals surface area contributed by atoms with Gasteiger partial charge in [-0.05, 0) is 24.6 Å². The summed E-state index contributed by atoms with van der Waals surface area (Å²) in [7, 11) is 0.766. The van der Waals surface area contributed by atoms with Crippen molar-refractivity contribution in [2.24, 2.45) is 0 Å². The van der Waals surface area contributed by atoms with E-state index in [2.05, 4.69) is 24.7 Å². The van der Waals surface area contributed by atoms with E-state index in [1.165, 1.54) is 14.2 Å². The average Bonchev–Trinajstić information content (AvgIpc) is 3.24. The summed E-state index contributed by atoms with van der Waals surface area (Å²) >= 11 is 6.49. The maximum absolute atomic E-state index is 13.2. The van der Waals surface area contributed by atoms with Gasteiger partial charge in [-0.2, -0.15) is 9.97 Å². The van der Waals surface area contributed by atoms with Gasteiger partial charge >= 0.3 is 0 Å². The van der Waals surface area contributed by atoms with Gasteiger partial charge in [0.1, 0.15) is 0 Å². The third-order valence-corrected chi connectivity index (χ3v) is 6.49. The molecule has 0 aliphatic rings. The molecule has 0 saturated carbocycles. The molecular formula is C22H20ClF2N5O3S. The molecule has 8 nitrogen and oxygen atoms in total. The van der Waals surface area contributed by atoms with Gasteiger partial charge in [0.15, 0.2) is 11.0 Å². The number of H-pyrrole nitrogens is 1. The summed E-state index contributed by atoms with van der Waals surface area (Å²) < 4.78 is 52.1. The number of halogens is 3. The van der Waals surface area contributed by atoms with Crippen molar-refractivity contribution in [2.75, 3.05) is 18.9 Å². The van der Waals surface area contributed by atoms with E-state index in [0.717, 1.165) is 5.56 Å². The molecule has 0 fully saturated rings. The summed E-state index contributed by atoms with van der Waals surface area (Å²) in [6.07, 6.45) is -0.0221. The number of pyridine rings is 1. The Labute approximate surface area is 201 Å². The maximum atomic E-state index is 13.2. The normalized spacial score (nSPS) is 12.2. The van der Waals surface area contributed by atoms with Gasteiger partial charge in [-0.25, -0.2) is 13.0 Å². The van der Waals surface area contributed by atoms with E-state index in [0.29, 0.717) is 32.1 Å². The van der Waals surface area contributed by atoms with Crippen LogP contribution in [0.25, 0.3) is 22.2 Å². The predicted octanol–water partition coefficient (Wildman–Crippen LogP) is 4.94. The van der Waals surface area contributed by atoms with Gasteiger partial charge in [-0.1, -0.05) is 23.7 Å². The van der Waals surface area contributed by atoms with Gasteiger partial charge < -0.3 is 14.5 Å². The molecule has 0 amide bonds. The summed E-state index contributed by atoms with van der Waals surface area (Å²) in [5, 5.41) is 1.15. The molecule has 4 rings (SSSR count). The van der Waals surface area contributed by atoms with Gasteiger partial charge in [0, 0.05) is 29.8 Å². The Morgan fingerprint density at radius 1 is 1.18 bits per heavy atom. The fourth-order valence-corrected chi connectivity index (χ4v) is 4.72. The Morgan fingerprint density at radius 2 is 1.88 bits per heavy atom. The number of nitrogens with zero attached hydrogens (tertiary/aromatic N) is 3. The van der Waals surface area contributed by atoms with Gasteiger partial charge in [-0.15, -0.1) is 0 Å². The fourth-order valence-electron chi connectivity index (χ4n) is 3.57. The number of aromatic amines is 1. The number of fused-ring (bicyclic) bond motifs is 1. The van der Waals surface area contributed by atoms with E-state index >= 15 is 0 Å². The molecule has 0 bridgehead atoms. The monoisotopic (exact) mass is 507 g/mol. The third kappa shape index (κ3) is 4.53. The molecule has 2 N–H and O–H groups in total. The number of hydrogen-bond donors (Lipinski definition) is 2. The zero-order valence-corrected chi connectivity index (χ0v) is 19.9. The van der Waals surface area contributed by atoms with Gasteiger partial charge in [-0.3, -0.25) is 9.71 Å². The van der Waals surface area contributed by atoms with Crippen LogP contribution < -0.4 is 14.2 Å². The first kappa shape index (κ1) is 23.8. The van der Waals surface area contributed by atoms with Crippen LogP contribution in [0.2, 0.25) is 5.02 Å². The lowest BCUT2D eigenvalue weighted by molar-refractivity contribution is 0.146. The number of methoxy groups -OCH3 is 2. The van der Waals surface area contributed by atoms with Crippen LogP contribution in [0, 0.1) is 6.92 Å². The molecule has 12 heteroatoms. The first-order valence-electron chi connectivity index (χ1n) is 10.0. The van der Waals surface area contributed by atoms with E-state index in [1.54, 1.807) is 24.5 Å². The molecule has 34 heavy (non-hydrogen) atoms. The number of benzene rings is 1. The highest BCUT2D eigenvalue weighted by Gasteiger charge is 2.22. The lowest BCUT2D eigenvalue weighted by Crippen LogP contribution is -2.12. The molecule has 1 atom stereocenters. The molecule has 0 saturated heterocycles. The van der Waals surface area contributed by atoms with Crippen molar-refractivity contribution in [1.82, 2.24) is 19.9 Å². The number of rotatable bonds is 8. The standard InChI is InChI=1S/C22H20ClF2N5O3S/c1-11-5-4-8-26-18(11)17-14(23)7-6-12-15(10-27-19(12)17)34(31)30-22-28-20(32-2)13(9-16(24)25)21(29-22)33-3/h4-8,10,16,27H,9H2,1-3H3,(H,28,29,30). The van der Waals surface area contributed by atoms with Crippen LogP contribution in [0.4, 0.5) is 14.7 Å². The minimum Gasteiger partial charge on any atom is -0.481 e. The zero-order valence-electron chi connectivity index (χ0n) is 18.4. The second kappa shape index (κ2) is 9.90. The maximum Gasteiger partial charge on any atom is 0.243 e. The van der Waals surface area contributed by atoms with Crippen molar-refractivity contribution >= 4 is 39.4 Å². The number of anilines is 1. The van der Waals surface area contributed by atoms with E-state index < -0.39 is 23.8 Å². The van der Waals surface area contributed by atoms with Crippen LogP contribution in [-0.2, 0) is 17.4 Å². The van der Waals surface area contributed by atoms with Crippen molar-refractivity contribution in [3.8, 4) is 23.0 Å². The number of aromatic nitrogens is 4. The highest BCUT2D eigenvalue weighted by atomic mass is 35.5. The Balaban J connectivity index is 1.72. The number of aryl methyl sites for hydroxylation is 1. The Morgan fingerprint density at radius 3 is 2.50 bits per heavy atom. The van der Waals surface area contributed by atoms with Crippen molar-refractivity contribution in [1.29, 1.82) is 0 Å². The lowest BCUT2D eigenvalue weighted by Gasteiger charge is -2.13. The lowest BCUT2D eigenvalue weighted by atomic mass is 10.0. The summed E-state index contributed by atoms with van der Waals surface area (Å²) in [6, 6.07) is 7.22. The SMILES string of the molecule is COc1nc(NS(=O)c2c[nH]c3c(-c4ncccc4C)c(Cl)ccc23)nc(OC)c1CC(F)F. The first-order chi connectivity index (χ1) is 16.3. The predicted molar refractivity (Wildman–Crippen MR) is 126 cm³/mol. The molecule has 0 aliphatic heterocycles. The van der Waals surface area contributed by atoms with E-state index in [9.17, 15) is 13.0 Å². The minimum absolute atomic E-state index is 0.0217. The molecule has 3 heterocycles. The third-order valence-electron chi connectivity index (χ3n) is 5.07. The minimum atomic E-state index is -2.64. The highest BCUT2D eigenvalue weighted by Crippen LogP contribution is 2.37. The molecule has 178 valence electrons. The van der Waals surface area contributed by atoms with Gasteiger partial charge in [0.25, 0.3) is 0 Å². The molecule has 1 aromatic carbocycles. The van der Waals surface area contributed by atoms with Gasteiger partial charge in [0.05, 0.1) is 40.9 Å². The van der Waals surface area contributed by atoms with Crippen LogP contribution in [0.3, 0.4) is 0 Å². The smallest absolute Gasteiger partial charge is 0.243 e. The highest BCUT2D eigenvalue weighted by molar-refractivity contribution is 7.86. The quantitative estimate of drug-likeness (QED) is 0.350. The molecular weight excluding hydrogens is 488 g/mol. The van der Waals surface area contributed by atoms with Crippen molar-refractivity contribution in [2.45, 2.75) is 24.7 Å². The molecule has 1 unspecified atom stereocenters. The second-order valence-corrected chi connectivity index (χ2v) is 8.77. The van der Waals surface area contributed by atoms with E-state index in [4.69, 9.17) is 21.1 Å². The summed E-state index contributed by atoms with van der Waals surface area (Å²) in [5.74, 6) is -0.287. The Bertz CT molecular complexity index is 1360. The van der Waals surface area contributed by atoms with E-state index in [1.807, 2.05) is 19.1 Å². The average molecular weight is 508 g/mol. The number of alkyl halides is 2. The van der Waals surface area contributed by atoms with Crippen LogP contribution in [0.5, 0.6) is 11.8 Å². The largest absolute Gasteiger partial charge is 0.481 e. The van der Waals surface area contributed by atoms with E-state index in [-0.39, 0.29) is 23.3 Å². The van der Waals surface area contributed by atoms with Crippen LogP contribution in [0.1, 0.15) is 11.1 Å². The van der Waals surface area contributed by atoms with Crippen molar-refractivity contribution in [3.63, 3.8) is 0 Å². The van der Waals surface area contributed by atoms with Crippen molar-refractivity contribution < 1.29 is 22.5 Å². The molecule has 3 aromatic heterocycles. The van der Waals surface area contributed by atoms with Crippen LogP contribution >= 0.6 is 11.6 Å². The summed E-state index contributed by atoms with van der Waals surface area (Å²) in [6.45, 7) is 1.93. The summed E-state index contributed by atoms with van der Waals surface area (Å²) in [4.78, 5) is 16.2. The van der Waals surface area contributed by atoms with Crippen molar-refractivity contribution in [3.05, 3.63) is 52.8 Å². The van der Waals surface area contributed by atoms with Crippen LogP contribution in [0.15, 0.2) is 41.6 Å². The molecule has 0 spiro atoms. The zero-order chi connectivity index (χ0) is 24.4.